The zero-order chi connectivity index (χ0) is 14.4. The van der Waals surface area contributed by atoms with Crippen LogP contribution in [0.15, 0.2) is 0 Å². The predicted molar refractivity (Wildman–Crippen MR) is 74.1 cm³/mol. The summed E-state index contributed by atoms with van der Waals surface area (Å²) in [6.45, 7) is 1.81. The summed E-state index contributed by atoms with van der Waals surface area (Å²) < 4.78 is 25.1. The highest BCUT2D eigenvalue weighted by Gasteiger charge is 2.47. The van der Waals surface area contributed by atoms with Crippen LogP contribution in [0.1, 0.15) is 30.5 Å². The van der Waals surface area contributed by atoms with Gasteiger partial charge in [-0.1, -0.05) is 11.6 Å². The van der Waals surface area contributed by atoms with Crippen molar-refractivity contribution in [2.75, 3.05) is 6.26 Å². The van der Waals surface area contributed by atoms with E-state index < -0.39 is 20.7 Å². The molecule has 1 aliphatic carbocycles. The zero-order valence-electron chi connectivity index (χ0n) is 11.4. The number of aromatic nitrogens is 2. The molecule has 1 heterocycles. The third-order valence-electron chi connectivity index (χ3n) is 3.94. The van der Waals surface area contributed by atoms with Crippen LogP contribution < -0.4 is 0 Å². The van der Waals surface area contributed by atoms with Crippen molar-refractivity contribution < 1.29 is 13.5 Å². The summed E-state index contributed by atoms with van der Waals surface area (Å²) in [5.41, 5.74) is 0.243. The van der Waals surface area contributed by atoms with Crippen LogP contribution in [0, 0.1) is 6.92 Å². The van der Waals surface area contributed by atoms with E-state index in [2.05, 4.69) is 5.10 Å². The lowest BCUT2D eigenvalue weighted by molar-refractivity contribution is 0.0511. The smallest absolute Gasteiger partial charge is 0.153 e. The number of nitrogens with zero attached hydrogens (tertiary/aromatic N) is 2. The van der Waals surface area contributed by atoms with E-state index >= 15 is 0 Å². The largest absolute Gasteiger partial charge is 0.388 e. The van der Waals surface area contributed by atoms with Crippen molar-refractivity contribution >= 4 is 21.4 Å². The van der Waals surface area contributed by atoms with Crippen molar-refractivity contribution in [1.82, 2.24) is 9.78 Å². The van der Waals surface area contributed by atoms with Crippen LogP contribution in [0.3, 0.4) is 0 Å². The number of halogens is 1. The van der Waals surface area contributed by atoms with E-state index in [1.165, 1.54) is 6.26 Å². The zero-order valence-corrected chi connectivity index (χ0v) is 12.9. The summed E-state index contributed by atoms with van der Waals surface area (Å²) in [7, 11) is -1.54. The molecule has 5 nitrogen and oxygen atoms in total. The topological polar surface area (TPSA) is 72.2 Å². The van der Waals surface area contributed by atoms with E-state index in [0.29, 0.717) is 24.4 Å². The maximum absolute atomic E-state index is 11.8. The van der Waals surface area contributed by atoms with Gasteiger partial charge in [0.1, 0.15) is 5.15 Å². The van der Waals surface area contributed by atoms with Gasteiger partial charge in [0.05, 0.1) is 16.5 Å². The number of hydrogen-bond donors (Lipinski definition) is 1. The lowest BCUT2D eigenvalue weighted by Crippen LogP contribution is -2.44. The molecule has 2 rings (SSSR count). The third-order valence-corrected chi connectivity index (χ3v) is 6.13. The minimum atomic E-state index is -3.27. The molecule has 0 amide bonds. The molecule has 7 heteroatoms. The SMILES string of the molecule is Cc1nn(C)c(Cl)c1CC1(O)CCCC1S(C)(=O)=O. The first-order valence-electron chi connectivity index (χ1n) is 6.24. The van der Waals surface area contributed by atoms with Gasteiger partial charge in [0.2, 0.25) is 0 Å². The van der Waals surface area contributed by atoms with E-state index in [1.54, 1.807) is 11.7 Å². The number of sulfone groups is 1. The van der Waals surface area contributed by atoms with E-state index in [-0.39, 0.29) is 6.42 Å². The number of aliphatic hydroxyl groups is 1. The Morgan fingerprint density at radius 1 is 1.58 bits per heavy atom. The molecular formula is C12H19ClN2O3S. The molecule has 1 fully saturated rings. The first-order valence-corrected chi connectivity index (χ1v) is 8.57. The summed E-state index contributed by atoms with van der Waals surface area (Å²) in [6.07, 6.45) is 3.13. The normalized spacial score (nSPS) is 27.9. The van der Waals surface area contributed by atoms with Crippen LogP contribution in [0.2, 0.25) is 5.15 Å². The van der Waals surface area contributed by atoms with Gasteiger partial charge in [0.25, 0.3) is 0 Å². The number of hydrogen-bond acceptors (Lipinski definition) is 4. The minimum Gasteiger partial charge on any atom is -0.388 e. The van der Waals surface area contributed by atoms with Crippen LogP contribution in [-0.2, 0) is 23.3 Å². The van der Waals surface area contributed by atoms with Crippen molar-refractivity contribution in [1.29, 1.82) is 0 Å². The second-order valence-electron chi connectivity index (χ2n) is 5.47. The van der Waals surface area contributed by atoms with Crippen molar-refractivity contribution in [3.63, 3.8) is 0 Å². The van der Waals surface area contributed by atoms with Gasteiger partial charge >= 0.3 is 0 Å². The van der Waals surface area contributed by atoms with Crippen LogP contribution in [-0.4, -0.2) is 40.4 Å². The standard InChI is InChI=1S/C12H19ClN2O3S/c1-8-9(11(13)15(2)14-8)7-12(16)6-4-5-10(12)19(3,17)18/h10,16H,4-7H2,1-3H3. The average molecular weight is 307 g/mol. The lowest BCUT2D eigenvalue weighted by atomic mass is 9.93. The Labute approximate surface area is 118 Å². The van der Waals surface area contributed by atoms with E-state index in [1.807, 2.05) is 6.92 Å². The maximum atomic E-state index is 11.8. The van der Waals surface area contributed by atoms with Crippen molar-refractivity contribution in [2.45, 2.75) is 43.5 Å². The molecule has 1 saturated carbocycles. The van der Waals surface area contributed by atoms with Gasteiger partial charge < -0.3 is 5.11 Å². The van der Waals surface area contributed by atoms with E-state index in [4.69, 9.17) is 11.6 Å². The van der Waals surface area contributed by atoms with Crippen molar-refractivity contribution in [3.05, 3.63) is 16.4 Å². The fourth-order valence-corrected chi connectivity index (χ4v) is 4.85. The molecule has 1 aromatic heterocycles. The van der Waals surface area contributed by atoms with Gasteiger partial charge in [-0.05, 0) is 26.2 Å². The van der Waals surface area contributed by atoms with E-state index in [0.717, 1.165) is 11.3 Å². The Balaban J connectivity index is 2.36. The Hall–Kier alpha value is -0.590. The molecule has 0 radical (unpaired) electrons. The highest BCUT2D eigenvalue weighted by molar-refractivity contribution is 7.91. The first-order chi connectivity index (χ1) is 8.65. The van der Waals surface area contributed by atoms with Crippen molar-refractivity contribution in [3.8, 4) is 0 Å². The molecule has 0 bridgehead atoms. The molecule has 0 spiro atoms. The number of aryl methyl sites for hydroxylation is 2. The Kier molecular flexibility index (Phi) is 3.70. The fourth-order valence-electron chi connectivity index (χ4n) is 3.02. The van der Waals surface area contributed by atoms with Gasteiger partial charge in [-0.3, -0.25) is 4.68 Å². The Morgan fingerprint density at radius 2 is 2.21 bits per heavy atom. The van der Waals surface area contributed by atoms with Gasteiger partial charge in [0, 0.05) is 25.3 Å². The first kappa shape index (κ1) is 14.8. The second-order valence-corrected chi connectivity index (χ2v) is 8.06. The molecule has 108 valence electrons. The Morgan fingerprint density at radius 3 is 2.68 bits per heavy atom. The molecule has 0 aromatic carbocycles. The molecule has 1 aliphatic rings. The summed E-state index contributed by atoms with van der Waals surface area (Å²) in [5.74, 6) is 0. The summed E-state index contributed by atoms with van der Waals surface area (Å²) >= 11 is 6.16. The molecule has 2 unspecified atom stereocenters. The lowest BCUT2D eigenvalue weighted by Gasteiger charge is -2.29. The molecular weight excluding hydrogens is 288 g/mol. The number of rotatable bonds is 3. The van der Waals surface area contributed by atoms with Gasteiger partial charge in [-0.2, -0.15) is 5.10 Å². The molecule has 19 heavy (non-hydrogen) atoms. The fraction of sp³-hybridized carbons (Fsp3) is 0.750. The Bertz CT molecular complexity index is 596. The van der Waals surface area contributed by atoms with Crippen LogP contribution in [0.25, 0.3) is 0 Å². The maximum Gasteiger partial charge on any atom is 0.153 e. The molecule has 0 aliphatic heterocycles. The molecule has 0 saturated heterocycles. The molecule has 2 atom stereocenters. The van der Waals surface area contributed by atoms with Crippen LogP contribution in [0.4, 0.5) is 0 Å². The van der Waals surface area contributed by atoms with Gasteiger partial charge in [-0.15, -0.1) is 0 Å². The van der Waals surface area contributed by atoms with Crippen LogP contribution >= 0.6 is 11.6 Å². The minimum absolute atomic E-state index is 0.239. The second kappa shape index (κ2) is 4.75. The monoisotopic (exact) mass is 306 g/mol. The predicted octanol–water partition coefficient (Wildman–Crippen LogP) is 1.25. The molecule has 1 N–H and O–H groups in total. The third kappa shape index (κ3) is 2.66. The van der Waals surface area contributed by atoms with Gasteiger partial charge in [-0.25, -0.2) is 8.42 Å². The highest BCUT2D eigenvalue weighted by atomic mass is 35.5. The summed E-state index contributed by atoms with van der Waals surface area (Å²) in [4.78, 5) is 0. The summed E-state index contributed by atoms with van der Waals surface area (Å²) in [5, 5.41) is 14.7. The molecule has 1 aromatic rings. The van der Waals surface area contributed by atoms with Gasteiger partial charge in [0.15, 0.2) is 9.84 Å². The van der Waals surface area contributed by atoms with Crippen molar-refractivity contribution in [2.24, 2.45) is 7.05 Å². The highest BCUT2D eigenvalue weighted by Crippen LogP contribution is 2.38. The quantitative estimate of drug-likeness (QED) is 0.912. The summed E-state index contributed by atoms with van der Waals surface area (Å²) in [6, 6.07) is 0. The average Bonchev–Trinajstić information content (AvgIpc) is 2.75. The van der Waals surface area contributed by atoms with E-state index in [9.17, 15) is 13.5 Å². The van der Waals surface area contributed by atoms with Crippen LogP contribution in [0.5, 0.6) is 0 Å².